The third-order valence-electron chi connectivity index (χ3n) is 3.50. The summed E-state index contributed by atoms with van der Waals surface area (Å²) in [6.45, 7) is 4.35. The third kappa shape index (κ3) is 3.07. The molecule has 0 bridgehead atoms. The van der Waals surface area contributed by atoms with E-state index in [2.05, 4.69) is 19.9 Å². The standard InChI is InChI=1S/C17H22O2/c1-12(2)8-10-15(18)17-14-7-5-4-6-13(14)9-11-16(17)19-3/h4-7,9,11-12,15,18H,8,10H2,1-3H3. The molecular weight excluding hydrogens is 236 g/mol. The number of hydrogen-bond donors (Lipinski definition) is 1. The largest absolute Gasteiger partial charge is 0.496 e. The fraction of sp³-hybridized carbons (Fsp3) is 0.412. The summed E-state index contributed by atoms with van der Waals surface area (Å²) in [6, 6.07) is 12.1. The van der Waals surface area contributed by atoms with Crippen molar-refractivity contribution in [1.29, 1.82) is 0 Å². The summed E-state index contributed by atoms with van der Waals surface area (Å²) in [7, 11) is 1.66. The first-order valence-electron chi connectivity index (χ1n) is 6.87. The highest BCUT2D eigenvalue weighted by atomic mass is 16.5. The van der Waals surface area contributed by atoms with Crippen LogP contribution in [0, 0.1) is 5.92 Å². The van der Waals surface area contributed by atoms with Gasteiger partial charge in [-0.05, 0) is 35.6 Å². The van der Waals surface area contributed by atoms with Crippen LogP contribution in [0.25, 0.3) is 10.8 Å². The molecule has 1 unspecified atom stereocenters. The van der Waals surface area contributed by atoms with Gasteiger partial charge in [0.1, 0.15) is 5.75 Å². The Hall–Kier alpha value is -1.54. The second-order valence-electron chi connectivity index (χ2n) is 5.39. The minimum absolute atomic E-state index is 0.469. The SMILES string of the molecule is COc1ccc2ccccc2c1C(O)CCC(C)C. The summed E-state index contributed by atoms with van der Waals surface area (Å²) in [5.74, 6) is 1.37. The molecule has 0 amide bonds. The number of fused-ring (bicyclic) bond motifs is 1. The van der Waals surface area contributed by atoms with Crippen LogP contribution in [-0.4, -0.2) is 12.2 Å². The Morgan fingerprint density at radius 3 is 2.47 bits per heavy atom. The van der Waals surface area contributed by atoms with Gasteiger partial charge in [-0.1, -0.05) is 44.2 Å². The van der Waals surface area contributed by atoms with Crippen LogP contribution < -0.4 is 4.74 Å². The molecular formula is C17H22O2. The van der Waals surface area contributed by atoms with Crippen LogP contribution in [0.2, 0.25) is 0 Å². The zero-order valence-corrected chi connectivity index (χ0v) is 11.9. The number of aliphatic hydroxyl groups excluding tert-OH is 1. The lowest BCUT2D eigenvalue weighted by atomic mass is 9.94. The predicted molar refractivity (Wildman–Crippen MR) is 79.5 cm³/mol. The maximum atomic E-state index is 10.5. The van der Waals surface area contributed by atoms with Crippen LogP contribution in [0.15, 0.2) is 36.4 Å². The molecule has 0 aliphatic rings. The average molecular weight is 258 g/mol. The average Bonchev–Trinajstić information content (AvgIpc) is 2.43. The minimum Gasteiger partial charge on any atom is -0.496 e. The Kier molecular flexibility index (Phi) is 4.43. The Morgan fingerprint density at radius 2 is 1.79 bits per heavy atom. The molecule has 0 spiro atoms. The summed E-state index contributed by atoms with van der Waals surface area (Å²) in [6.07, 6.45) is 1.30. The summed E-state index contributed by atoms with van der Waals surface area (Å²) in [5.41, 5.74) is 0.918. The molecule has 2 heteroatoms. The first-order chi connectivity index (χ1) is 9.13. The van der Waals surface area contributed by atoms with Gasteiger partial charge in [0.2, 0.25) is 0 Å². The van der Waals surface area contributed by atoms with Crippen LogP contribution in [0.5, 0.6) is 5.75 Å². The summed E-state index contributed by atoms with van der Waals surface area (Å²) >= 11 is 0. The fourth-order valence-corrected chi connectivity index (χ4v) is 2.43. The van der Waals surface area contributed by atoms with Gasteiger partial charge >= 0.3 is 0 Å². The van der Waals surface area contributed by atoms with Crippen molar-refractivity contribution in [3.05, 3.63) is 42.0 Å². The van der Waals surface area contributed by atoms with E-state index in [0.717, 1.165) is 34.9 Å². The van der Waals surface area contributed by atoms with E-state index in [9.17, 15) is 5.11 Å². The summed E-state index contributed by atoms with van der Waals surface area (Å²) in [4.78, 5) is 0. The van der Waals surface area contributed by atoms with Crippen LogP contribution in [-0.2, 0) is 0 Å². The molecule has 2 aromatic rings. The van der Waals surface area contributed by atoms with Gasteiger partial charge in [0.25, 0.3) is 0 Å². The lowest BCUT2D eigenvalue weighted by molar-refractivity contribution is 0.157. The summed E-state index contributed by atoms with van der Waals surface area (Å²) in [5, 5.41) is 12.7. The fourth-order valence-electron chi connectivity index (χ4n) is 2.43. The molecule has 0 saturated heterocycles. The highest BCUT2D eigenvalue weighted by Gasteiger charge is 2.17. The number of ether oxygens (including phenoxy) is 1. The van der Waals surface area contributed by atoms with E-state index < -0.39 is 6.10 Å². The van der Waals surface area contributed by atoms with Crippen LogP contribution in [0.4, 0.5) is 0 Å². The molecule has 2 rings (SSSR count). The Balaban J connectivity index is 2.43. The Morgan fingerprint density at radius 1 is 1.05 bits per heavy atom. The smallest absolute Gasteiger partial charge is 0.125 e. The van der Waals surface area contributed by atoms with Gasteiger partial charge in [0, 0.05) is 5.56 Å². The first-order valence-corrected chi connectivity index (χ1v) is 6.87. The maximum Gasteiger partial charge on any atom is 0.125 e. The zero-order chi connectivity index (χ0) is 13.8. The molecule has 0 aromatic heterocycles. The van der Waals surface area contributed by atoms with Gasteiger partial charge in [0.05, 0.1) is 13.2 Å². The number of benzene rings is 2. The van der Waals surface area contributed by atoms with E-state index >= 15 is 0 Å². The van der Waals surface area contributed by atoms with Crippen LogP contribution in [0.3, 0.4) is 0 Å². The molecule has 2 aromatic carbocycles. The number of rotatable bonds is 5. The maximum absolute atomic E-state index is 10.5. The van der Waals surface area contributed by atoms with Crippen molar-refractivity contribution >= 4 is 10.8 Å². The molecule has 0 aliphatic heterocycles. The van der Waals surface area contributed by atoms with Gasteiger partial charge < -0.3 is 9.84 Å². The monoisotopic (exact) mass is 258 g/mol. The molecule has 2 nitrogen and oxygen atoms in total. The van der Waals surface area contributed by atoms with Gasteiger partial charge in [-0.25, -0.2) is 0 Å². The van der Waals surface area contributed by atoms with E-state index in [-0.39, 0.29) is 0 Å². The highest BCUT2D eigenvalue weighted by molar-refractivity contribution is 5.88. The van der Waals surface area contributed by atoms with Crippen molar-refractivity contribution in [2.45, 2.75) is 32.8 Å². The van der Waals surface area contributed by atoms with Crippen molar-refractivity contribution in [1.82, 2.24) is 0 Å². The first kappa shape index (κ1) is 13.9. The second kappa shape index (κ2) is 6.07. The molecule has 19 heavy (non-hydrogen) atoms. The summed E-state index contributed by atoms with van der Waals surface area (Å²) < 4.78 is 5.42. The van der Waals surface area contributed by atoms with Gasteiger partial charge in [-0.15, -0.1) is 0 Å². The molecule has 102 valence electrons. The van der Waals surface area contributed by atoms with Gasteiger partial charge in [0.15, 0.2) is 0 Å². The molecule has 1 atom stereocenters. The normalized spacial score (nSPS) is 12.9. The lowest BCUT2D eigenvalue weighted by Crippen LogP contribution is -2.03. The molecule has 0 aliphatic carbocycles. The van der Waals surface area contributed by atoms with Crippen molar-refractivity contribution < 1.29 is 9.84 Å². The third-order valence-corrected chi connectivity index (χ3v) is 3.50. The second-order valence-corrected chi connectivity index (χ2v) is 5.39. The highest BCUT2D eigenvalue weighted by Crippen LogP contribution is 2.35. The van der Waals surface area contributed by atoms with E-state index in [0.29, 0.717) is 5.92 Å². The lowest BCUT2D eigenvalue weighted by Gasteiger charge is -2.18. The van der Waals surface area contributed by atoms with E-state index in [4.69, 9.17) is 4.74 Å². The van der Waals surface area contributed by atoms with Crippen LogP contribution >= 0.6 is 0 Å². The number of hydrogen-bond acceptors (Lipinski definition) is 2. The van der Waals surface area contributed by atoms with Crippen LogP contribution in [0.1, 0.15) is 38.4 Å². The topological polar surface area (TPSA) is 29.5 Å². The van der Waals surface area contributed by atoms with Crippen molar-refractivity contribution in [3.63, 3.8) is 0 Å². The zero-order valence-electron chi connectivity index (χ0n) is 11.9. The van der Waals surface area contributed by atoms with E-state index in [1.165, 1.54) is 0 Å². The Bertz CT molecular complexity index is 546. The van der Waals surface area contributed by atoms with Crippen molar-refractivity contribution in [2.24, 2.45) is 5.92 Å². The number of aliphatic hydroxyl groups is 1. The molecule has 0 saturated carbocycles. The minimum atomic E-state index is -0.469. The molecule has 1 N–H and O–H groups in total. The molecule has 0 radical (unpaired) electrons. The quantitative estimate of drug-likeness (QED) is 0.865. The van der Waals surface area contributed by atoms with Crippen molar-refractivity contribution in [2.75, 3.05) is 7.11 Å². The predicted octanol–water partition coefficient (Wildman–Crippen LogP) is 4.32. The van der Waals surface area contributed by atoms with Gasteiger partial charge in [-0.3, -0.25) is 0 Å². The molecule has 0 heterocycles. The van der Waals surface area contributed by atoms with Crippen molar-refractivity contribution in [3.8, 4) is 5.75 Å². The van der Waals surface area contributed by atoms with E-state index in [1.54, 1.807) is 7.11 Å². The molecule has 0 fully saturated rings. The Labute approximate surface area is 115 Å². The van der Waals surface area contributed by atoms with E-state index in [1.807, 2.05) is 30.3 Å². The number of methoxy groups -OCH3 is 1. The van der Waals surface area contributed by atoms with Gasteiger partial charge in [-0.2, -0.15) is 0 Å².